The molecule has 0 radical (unpaired) electrons. The standard InChI is InChI=1S/C73H139NO5/c1-3-5-7-9-11-13-15-16-43-47-51-55-59-63-67-73(78)79-68-64-60-56-52-48-44-41-39-37-35-33-31-29-27-25-23-21-19-17-18-20-22-24-26-28-30-32-34-36-38-40-42-46-50-54-58-62-66-72(77)74-70(69-75)71(76)65-61-57-53-49-45-14-12-10-8-6-4-2/h15-17,19,23,25,70-71,75-76H,3-14,18,20-22,24,26-69H2,1-2H3,(H,74,77)/b16-15-,19-17-,25-23-. The Balaban J connectivity index is 3.34. The van der Waals surface area contributed by atoms with Crippen LogP contribution < -0.4 is 5.32 Å². The minimum Gasteiger partial charge on any atom is -0.466 e. The normalized spacial score (nSPS) is 12.7. The van der Waals surface area contributed by atoms with Gasteiger partial charge in [0.1, 0.15) is 0 Å². The lowest BCUT2D eigenvalue weighted by Crippen LogP contribution is -2.45. The van der Waals surface area contributed by atoms with Crippen LogP contribution in [0.1, 0.15) is 393 Å². The van der Waals surface area contributed by atoms with Crippen LogP contribution in [-0.4, -0.2) is 47.4 Å². The zero-order valence-corrected chi connectivity index (χ0v) is 53.4. The summed E-state index contributed by atoms with van der Waals surface area (Å²) in [4.78, 5) is 24.5. The van der Waals surface area contributed by atoms with Gasteiger partial charge in [-0.3, -0.25) is 9.59 Å². The van der Waals surface area contributed by atoms with Crippen molar-refractivity contribution in [3.63, 3.8) is 0 Å². The average molecular weight is 1110 g/mol. The van der Waals surface area contributed by atoms with Crippen LogP contribution in [0.15, 0.2) is 36.5 Å². The van der Waals surface area contributed by atoms with Gasteiger partial charge in [0.15, 0.2) is 0 Å². The molecule has 0 saturated carbocycles. The third-order valence-electron chi connectivity index (χ3n) is 16.7. The first-order chi connectivity index (χ1) is 39.0. The van der Waals surface area contributed by atoms with Gasteiger partial charge in [-0.1, -0.05) is 333 Å². The number of hydrogen-bond acceptors (Lipinski definition) is 5. The summed E-state index contributed by atoms with van der Waals surface area (Å²) in [6, 6.07) is -0.538. The molecule has 3 N–H and O–H groups in total. The van der Waals surface area contributed by atoms with Crippen molar-refractivity contribution in [3.05, 3.63) is 36.5 Å². The van der Waals surface area contributed by atoms with Crippen molar-refractivity contribution in [1.82, 2.24) is 5.32 Å². The van der Waals surface area contributed by atoms with Gasteiger partial charge < -0.3 is 20.3 Å². The van der Waals surface area contributed by atoms with E-state index in [1.54, 1.807) is 0 Å². The van der Waals surface area contributed by atoms with Crippen molar-refractivity contribution in [2.45, 2.75) is 405 Å². The first-order valence-electron chi connectivity index (χ1n) is 35.7. The quantitative estimate of drug-likeness (QED) is 0.0320. The molecule has 0 aromatic heterocycles. The average Bonchev–Trinajstić information content (AvgIpc) is 3.45. The Kier molecular flexibility index (Phi) is 66.9. The molecular formula is C73H139NO5. The predicted molar refractivity (Wildman–Crippen MR) is 347 cm³/mol. The summed E-state index contributed by atoms with van der Waals surface area (Å²) >= 11 is 0. The highest BCUT2D eigenvalue weighted by atomic mass is 16.5. The minimum atomic E-state index is -0.661. The molecule has 0 aliphatic rings. The summed E-state index contributed by atoms with van der Waals surface area (Å²) in [5.41, 5.74) is 0. The maximum Gasteiger partial charge on any atom is 0.305 e. The molecule has 2 atom stereocenters. The van der Waals surface area contributed by atoms with Gasteiger partial charge in [-0.05, 0) is 83.5 Å². The van der Waals surface area contributed by atoms with Gasteiger partial charge in [-0.25, -0.2) is 0 Å². The van der Waals surface area contributed by atoms with Gasteiger partial charge in [0.2, 0.25) is 5.91 Å². The highest BCUT2D eigenvalue weighted by Gasteiger charge is 2.20. The molecule has 0 aliphatic heterocycles. The largest absolute Gasteiger partial charge is 0.466 e. The molecule has 0 aromatic carbocycles. The summed E-state index contributed by atoms with van der Waals surface area (Å²) in [5.74, 6) is -0.0212. The highest BCUT2D eigenvalue weighted by molar-refractivity contribution is 5.76. The SMILES string of the molecule is CCCCCCC/C=C\CCCCCCCC(=O)OCCCCCCCCCCCCCCC/C=C\C/C=C\CCCCCCCCCCCCCCCCCCCC(=O)NC(CO)C(O)CCCCCCCCCCCCC. The van der Waals surface area contributed by atoms with E-state index in [1.807, 2.05) is 0 Å². The zero-order valence-electron chi connectivity index (χ0n) is 53.4. The van der Waals surface area contributed by atoms with E-state index in [1.165, 1.54) is 308 Å². The maximum absolute atomic E-state index is 12.5. The molecule has 1 amide bonds. The van der Waals surface area contributed by atoms with Gasteiger partial charge in [-0.15, -0.1) is 0 Å². The predicted octanol–water partition coefficient (Wildman–Crippen LogP) is 23.1. The first kappa shape index (κ1) is 77.1. The fraction of sp³-hybridized carbons (Fsp3) is 0.890. The van der Waals surface area contributed by atoms with Crippen LogP contribution in [0, 0.1) is 0 Å². The number of unbranched alkanes of at least 4 members (excludes halogenated alkanes) is 50. The van der Waals surface area contributed by atoms with Crippen molar-refractivity contribution in [2.75, 3.05) is 13.2 Å². The Bertz CT molecular complexity index is 1280. The second-order valence-corrected chi connectivity index (χ2v) is 24.6. The summed E-state index contributed by atoms with van der Waals surface area (Å²) in [5, 5.41) is 23.2. The number of allylic oxidation sites excluding steroid dienone is 6. The summed E-state index contributed by atoms with van der Waals surface area (Å²) in [7, 11) is 0. The maximum atomic E-state index is 12.5. The van der Waals surface area contributed by atoms with Gasteiger partial charge in [0.25, 0.3) is 0 Å². The number of aliphatic hydroxyl groups excluding tert-OH is 2. The molecule has 0 aliphatic carbocycles. The van der Waals surface area contributed by atoms with Crippen LogP contribution in [-0.2, 0) is 14.3 Å². The zero-order chi connectivity index (χ0) is 57.1. The van der Waals surface area contributed by atoms with Crippen LogP contribution >= 0.6 is 0 Å². The number of esters is 1. The Morgan fingerprint density at radius 2 is 0.633 bits per heavy atom. The second-order valence-electron chi connectivity index (χ2n) is 24.6. The number of ether oxygens (including phenoxy) is 1. The molecule has 0 heterocycles. The van der Waals surface area contributed by atoms with Crippen molar-refractivity contribution in [2.24, 2.45) is 0 Å². The van der Waals surface area contributed by atoms with Crippen LogP contribution in [0.5, 0.6) is 0 Å². The molecular weight excluding hydrogens is 971 g/mol. The molecule has 6 nitrogen and oxygen atoms in total. The fourth-order valence-electron chi connectivity index (χ4n) is 11.2. The van der Waals surface area contributed by atoms with Crippen LogP contribution in [0.25, 0.3) is 0 Å². The van der Waals surface area contributed by atoms with Crippen LogP contribution in [0.2, 0.25) is 0 Å². The molecule has 0 fully saturated rings. The third kappa shape index (κ3) is 65.1. The number of carbonyl (C=O) groups excluding carboxylic acids is 2. The summed E-state index contributed by atoms with van der Waals surface area (Å²) in [6.07, 6.45) is 87.9. The van der Waals surface area contributed by atoms with E-state index in [9.17, 15) is 19.8 Å². The van der Waals surface area contributed by atoms with Crippen molar-refractivity contribution < 1.29 is 24.5 Å². The van der Waals surface area contributed by atoms with Crippen molar-refractivity contribution >= 4 is 11.9 Å². The Morgan fingerprint density at radius 3 is 0.975 bits per heavy atom. The van der Waals surface area contributed by atoms with Gasteiger partial charge in [0, 0.05) is 12.8 Å². The summed E-state index contributed by atoms with van der Waals surface area (Å²) < 4.78 is 5.49. The Labute approximate surface area is 494 Å². The topological polar surface area (TPSA) is 95.9 Å². The molecule has 79 heavy (non-hydrogen) atoms. The lowest BCUT2D eigenvalue weighted by atomic mass is 10.0. The number of nitrogens with one attached hydrogen (secondary N) is 1. The molecule has 0 rings (SSSR count). The highest BCUT2D eigenvalue weighted by Crippen LogP contribution is 2.18. The van der Waals surface area contributed by atoms with Crippen LogP contribution in [0.3, 0.4) is 0 Å². The Morgan fingerprint density at radius 1 is 0.354 bits per heavy atom. The monoisotopic (exact) mass is 1110 g/mol. The first-order valence-corrected chi connectivity index (χ1v) is 35.7. The molecule has 466 valence electrons. The molecule has 6 heteroatoms. The van der Waals surface area contributed by atoms with Crippen molar-refractivity contribution in [1.29, 1.82) is 0 Å². The van der Waals surface area contributed by atoms with E-state index in [2.05, 4.69) is 55.6 Å². The lowest BCUT2D eigenvalue weighted by molar-refractivity contribution is -0.143. The number of carbonyl (C=O) groups is 2. The molecule has 0 aromatic rings. The smallest absolute Gasteiger partial charge is 0.305 e. The number of aliphatic hydroxyl groups is 2. The van der Waals surface area contributed by atoms with Gasteiger partial charge in [-0.2, -0.15) is 0 Å². The van der Waals surface area contributed by atoms with E-state index in [0.717, 1.165) is 51.4 Å². The van der Waals surface area contributed by atoms with E-state index >= 15 is 0 Å². The van der Waals surface area contributed by atoms with Crippen molar-refractivity contribution in [3.8, 4) is 0 Å². The molecule has 0 bridgehead atoms. The summed E-state index contributed by atoms with van der Waals surface area (Å²) in [6.45, 7) is 4.96. The Hall–Kier alpha value is -1.92. The van der Waals surface area contributed by atoms with E-state index < -0.39 is 12.1 Å². The third-order valence-corrected chi connectivity index (χ3v) is 16.7. The van der Waals surface area contributed by atoms with Gasteiger partial charge in [0.05, 0.1) is 25.4 Å². The lowest BCUT2D eigenvalue weighted by Gasteiger charge is -2.22. The fourth-order valence-corrected chi connectivity index (χ4v) is 11.2. The second kappa shape index (κ2) is 68.6. The number of hydrogen-bond donors (Lipinski definition) is 3. The van der Waals surface area contributed by atoms with E-state index in [0.29, 0.717) is 25.9 Å². The van der Waals surface area contributed by atoms with E-state index in [-0.39, 0.29) is 18.5 Å². The molecule has 0 spiro atoms. The van der Waals surface area contributed by atoms with E-state index in [4.69, 9.17) is 4.74 Å². The molecule has 2 unspecified atom stereocenters. The number of amides is 1. The molecule has 0 saturated heterocycles. The van der Waals surface area contributed by atoms with Gasteiger partial charge >= 0.3 is 5.97 Å². The minimum absolute atomic E-state index is 0.0104. The van der Waals surface area contributed by atoms with Crippen LogP contribution in [0.4, 0.5) is 0 Å². The number of rotatable bonds is 67.